The zero-order valence-corrected chi connectivity index (χ0v) is 83.4. The van der Waals surface area contributed by atoms with Crippen LogP contribution in [0.1, 0.15) is 181 Å². The largest absolute Gasteiger partial charge is 0.508 e. The Balaban J connectivity index is 0.768. The first-order valence-corrected chi connectivity index (χ1v) is 49.9. The third-order valence-corrected chi connectivity index (χ3v) is 29.5. The number of β-lactam (4-membered cyclic amide) rings is 1. The average molecular weight is 2110 g/mol. The van der Waals surface area contributed by atoms with Crippen molar-refractivity contribution in [2.45, 2.75) is 228 Å². The molecule has 42 nitrogen and oxygen atoms in total. The predicted molar refractivity (Wildman–Crippen MR) is 520 cm³/mol. The van der Waals surface area contributed by atoms with Crippen molar-refractivity contribution in [3.05, 3.63) is 168 Å². The maximum atomic E-state index is 16.6. The van der Waals surface area contributed by atoms with E-state index < -0.39 is 272 Å². The third kappa shape index (κ3) is 24.2. The second-order valence-corrected chi connectivity index (χ2v) is 40.9. The molecule has 0 radical (unpaired) electrons. The molecule has 9 aliphatic rings. The zero-order valence-electron chi connectivity index (χ0n) is 79.5. The van der Waals surface area contributed by atoms with Crippen LogP contribution in [0.2, 0.25) is 14.4 Å². The number of oxime groups is 1. The summed E-state index contributed by atoms with van der Waals surface area (Å²) in [6.07, 6.45) is -16.3. The molecule has 2 aromatic heterocycles. The number of amides is 8. The number of ether oxygens (including phenoxy) is 6. The van der Waals surface area contributed by atoms with Gasteiger partial charge in [0.2, 0.25) is 59.3 Å². The number of thiazole rings is 1. The molecule has 3 saturated heterocycles. The molecule has 16 rings (SSSR count). The van der Waals surface area contributed by atoms with Gasteiger partial charge in [0.25, 0.3) is 0 Å². The Labute approximate surface area is 853 Å². The fraction of sp³-hybridized carbons (Fsp3) is 0.459. The van der Waals surface area contributed by atoms with Gasteiger partial charge in [-0.15, -0.1) is 11.8 Å². The first kappa shape index (κ1) is 108. The molecule has 3 fully saturated rings. The number of primary amides is 1. The predicted octanol–water partition coefficient (Wildman–Crippen LogP) is 6.02. The van der Waals surface area contributed by atoms with Gasteiger partial charge in [-0.05, 0) is 140 Å². The van der Waals surface area contributed by atoms with Crippen molar-refractivity contribution in [1.29, 1.82) is 0 Å². The fourth-order valence-corrected chi connectivity index (χ4v) is 21.6. The van der Waals surface area contributed by atoms with Crippen LogP contribution < -0.4 is 62.6 Å². The zero-order chi connectivity index (χ0) is 105. The van der Waals surface area contributed by atoms with Crippen molar-refractivity contribution in [3.8, 4) is 57.1 Å². The SMILES string of the molecule is CC[C@H](CC(C)C)C(=O)NC1C(=O)C[C@@H](CC(N)=O)C(=O)N[C@H]2C(=O)C[C@H]3C(=O)N[C@H](C(=O)N[C@H](C(=O)NCCCCCC(=O)N(CC)Cc4cc[n+](CC5=C(C(=O)O)N6C(=O)[C@@H](CC(=O)/C(=N\OC)c7nc(N)sc7Cl)[C@H]6SC5)cc4)c4cc(O)cc(O)c4-c4cc3ccc4O)[C@H](O)c3ccc(c(Cl)c3)Oc3cc2cc(c3O[C@@H]2O[C@H](CO)[C@@H](O)[C@H](O)[C@H]2O[C@H]2C[C@](C)(N)[C@H](O)[C@H](C)O2)Oc2ccc(cc2Cl)[C@H]1O. The summed E-state index contributed by atoms with van der Waals surface area (Å²) in [6.45, 7) is 9.69. The molecule has 9 aliphatic heterocycles. The second-order valence-electron chi connectivity index (χ2n) is 37.3. The maximum Gasteiger partial charge on any atom is 0.352 e. The van der Waals surface area contributed by atoms with Crippen LogP contribution in [0.15, 0.2) is 120 Å². The number of carbonyl (C=O) groups is 12. The molecule has 776 valence electrons. The van der Waals surface area contributed by atoms with Gasteiger partial charge in [-0.2, -0.15) is 0 Å². The van der Waals surface area contributed by atoms with Gasteiger partial charge in [0.1, 0.15) is 106 Å². The Morgan fingerprint density at radius 3 is 2.07 bits per heavy atom. The number of pyridine rings is 1. The van der Waals surface area contributed by atoms with E-state index in [2.05, 4.69) is 36.7 Å². The number of aliphatic carboxylic acids is 1. The van der Waals surface area contributed by atoms with E-state index in [0.717, 1.165) is 65.4 Å². The first-order valence-electron chi connectivity index (χ1n) is 46.9. The highest BCUT2D eigenvalue weighted by molar-refractivity contribution is 8.00. The molecular formula is C98H113Cl3N13O29S2+. The number of aromatic nitrogens is 2. The summed E-state index contributed by atoms with van der Waals surface area (Å²) < 4.78 is 40.8. The summed E-state index contributed by atoms with van der Waals surface area (Å²) >= 11 is 22.9. The van der Waals surface area contributed by atoms with Gasteiger partial charge in [-0.3, -0.25) is 57.6 Å². The number of benzene rings is 5. The number of aromatic hydroxyl groups is 3. The number of halogens is 3. The molecule has 0 spiro atoms. The number of phenols is 3. The van der Waals surface area contributed by atoms with Crippen LogP contribution >= 0.6 is 57.9 Å². The van der Waals surface area contributed by atoms with Crippen molar-refractivity contribution in [3.63, 3.8) is 0 Å². The van der Waals surface area contributed by atoms with Crippen LogP contribution in [0.25, 0.3) is 11.1 Å². The van der Waals surface area contributed by atoms with Crippen LogP contribution in [0.3, 0.4) is 0 Å². The average Bonchev–Trinajstić information content (AvgIpc) is 0.958. The Morgan fingerprint density at radius 1 is 0.779 bits per heavy atom. The number of hydrogen-bond acceptors (Lipinski definition) is 34. The topological polar surface area (TPSA) is 646 Å². The van der Waals surface area contributed by atoms with E-state index in [-0.39, 0.29) is 129 Å². The summed E-state index contributed by atoms with van der Waals surface area (Å²) in [5.41, 5.74) is 15.3. The van der Waals surface area contributed by atoms with Gasteiger partial charge in [0, 0.05) is 110 Å². The van der Waals surface area contributed by atoms with Crippen LogP contribution in [0, 0.1) is 23.7 Å². The van der Waals surface area contributed by atoms with Crippen LogP contribution in [-0.4, -0.2) is 247 Å². The second kappa shape index (κ2) is 46.2. The molecule has 7 aromatic rings. The summed E-state index contributed by atoms with van der Waals surface area (Å²) in [7, 11) is 1.22. The number of anilines is 1. The number of phenolic OH excluding ortho intramolecular Hbond substituents is 3. The number of carboxylic acid groups (broad SMARTS) is 1. The molecule has 8 amide bonds. The van der Waals surface area contributed by atoms with E-state index in [9.17, 15) is 79.8 Å². The van der Waals surface area contributed by atoms with E-state index >= 15 is 28.8 Å². The molecule has 0 aliphatic carbocycles. The number of nitrogens with zero attached hydrogens (tertiary/aromatic N) is 5. The van der Waals surface area contributed by atoms with Crippen molar-refractivity contribution in [2.24, 2.45) is 40.3 Å². The Kier molecular flexibility index (Phi) is 34.6. The maximum absolute atomic E-state index is 16.6. The highest BCUT2D eigenvalue weighted by Gasteiger charge is 2.56. The number of Topliss-reactive ketones (excluding diaryl/α,β-unsaturated/α-hetero) is 3. The quantitative estimate of drug-likeness (QED) is 0.00804. The lowest BCUT2D eigenvalue weighted by Crippen LogP contribution is -2.64. The Bertz CT molecular complexity index is 6230. The van der Waals surface area contributed by atoms with Crippen LogP contribution in [-0.2, 0) is 89.7 Å². The Morgan fingerprint density at radius 2 is 1.46 bits per heavy atom. The van der Waals surface area contributed by atoms with Crippen LogP contribution in [0.5, 0.6) is 46.0 Å². The monoisotopic (exact) mass is 2100 g/mol. The standard InChI is InChI=1S/C98H112Cl3N13O29S2/c1-8-45(25-42(3)4)88(129)108-76-61(119)29-50(32-69(102)122)89(130)106-73-49-30-66(139-64-18-15-47(80(76)124)27-57(64)99)84(143-96-85(83(127)82(126)68(40-115)141-96)142-71-37-98(6,104)86(128)43(5)138-71)67(31-49)140-65-19-16-48(28-58(65)100)81(125)78-92(133)107-74(55-33-52(116)34-60(118)72(55)54-26-46(14-17-59(54)117)53(35-62(73)120)90(131)109-78)91(132)105-22-12-10-11-13-70(123)113(9-2)38-44-20-23-112(24-21-44)39-51-41-144-94-56(93(134)114(94)79(51)95(135)136)36-63(121)75(111-137-7)77-87(101)145-97(103)110-77/h14-21,23-24,26-28,30-31,33-34,42-43,45,50,53,56,68,71,73-74,76,78,80-83,85-86,94,96,115,124-128H,8-13,22,25,29,32,35-41,104H2,1-7H3,(H12-,102,103,105,106,107,108,109,110,111,116,117,118,121,122,129,130,131,132,133,135,136)/p+1/t43-,45+,50-,53+,56+,68+,71-,73+,74-,76?,78-,80+,81+,82+,83-,85+,86+,94+,96-,98-/m0/s1. The molecule has 0 saturated carbocycles. The van der Waals surface area contributed by atoms with Gasteiger partial charge in [0.15, 0.2) is 71.0 Å². The van der Waals surface area contributed by atoms with Gasteiger partial charge in [0.05, 0.1) is 52.0 Å². The molecule has 145 heavy (non-hydrogen) atoms. The van der Waals surface area contributed by atoms with Crippen LogP contribution in [0.4, 0.5) is 5.13 Å². The van der Waals surface area contributed by atoms with Crippen molar-refractivity contribution >= 4 is 139 Å². The number of nitrogens with one attached hydrogen (secondary N) is 5. The number of unbranched alkanes of at least 4 members (excludes halogenated alkanes) is 2. The lowest BCUT2D eigenvalue weighted by Gasteiger charge is -2.49. The van der Waals surface area contributed by atoms with Gasteiger partial charge < -0.3 is 133 Å². The lowest BCUT2D eigenvalue weighted by molar-refractivity contribution is -0.689. The molecule has 47 heteroatoms. The van der Waals surface area contributed by atoms with E-state index in [4.69, 9.17) is 85.3 Å². The number of fused-ring (bicyclic) bond motifs is 16. The number of thioether (sulfide) groups is 1. The van der Waals surface area contributed by atoms with E-state index in [1.54, 1.807) is 47.8 Å². The highest BCUT2D eigenvalue weighted by Crippen LogP contribution is 2.52. The summed E-state index contributed by atoms with van der Waals surface area (Å²) in [5.74, 6) is -21.8. The van der Waals surface area contributed by atoms with E-state index in [1.165, 1.54) is 68.0 Å². The number of rotatable bonds is 30. The number of aliphatic hydroxyl groups excluding tert-OH is 6. The lowest BCUT2D eigenvalue weighted by atomic mass is 9.84. The van der Waals surface area contributed by atoms with Crippen molar-refractivity contribution in [2.75, 3.05) is 38.3 Å². The number of carbonyl (C=O) groups excluding carboxylic acids is 11. The number of aliphatic hydroxyl groups is 6. The number of nitrogen functional groups attached to an aromatic ring is 1. The normalized spacial score (nSPS) is 26.2. The van der Waals surface area contributed by atoms with Crippen molar-refractivity contribution in [1.82, 2.24) is 41.4 Å². The fourth-order valence-electron chi connectivity index (χ4n) is 18.8. The van der Waals surface area contributed by atoms with Gasteiger partial charge >= 0.3 is 5.97 Å². The summed E-state index contributed by atoms with van der Waals surface area (Å²) in [4.78, 5) is 188. The van der Waals surface area contributed by atoms with Crippen molar-refractivity contribution < 1.29 is 146 Å². The number of hydrogen-bond donors (Lipinski definition) is 18. The van der Waals surface area contributed by atoms with Gasteiger partial charge in [-0.1, -0.05) is 96.7 Å². The highest BCUT2D eigenvalue weighted by atomic mass is 35.5. The molecule has 5 aromatic carbocycles. The minimum absolute atomic E-state index is 0.00638. The minimum Gasteiger partial charge on any atom is -0.508 e. The van der Waals surface area contributed by atoms with E-state index in [1.807, 2.05) is 13.8 Å². The first-order chi connectivity index (χ1) is 68.9. The molecule has 20 atom stereocenters. The molecule has 11 heterocycles. The van der Waals surface area contributed by atoms with Gasteiger partial charge in [-0.25, -0.2) is 14.3 Å². The Hall–Kier alpha value is -12.3. The smallest absolute Gasteiger partial charge is 0.352 e. The summed E-state index contributed by atoms with van der Waals surface area (Å²) in [6, 6.07) is 9.61. The van der Waals surface area contributed by atoms with E-state index in [0.29, 0.717) is 31.4 Å². The third-order valence-electron chi connectivity index (χ3n) is 26.5. The molecule has 21 N–H and O–H groups in total. The summed E-state index contributed by atoms with van der Waals surface area (Å²) in [5, 5.41) is 133. The minimum atomic E-state index is -2.27. The molecule has 11 bridgehead atoms. The molecule has 1 unspecified atom stereocenters. The molecular weight excluding hydrogens is 1990 g/mol. The number of nitrogens with two attached hydrogens (primary N) is 3. The number of carboxylic acids is 1. The number of ketones is 3.